The molecule has 0 heterocycles. The van der Waals surface area contributed by atoms with Gasteiger partial charge in [-0.3, -0.25) is 0 Å². The number of nitrogens with zero attached hydrogens (tertiary/aromatic N) is 1. The topological polar surface area (TPSA) is 0 Å². The third-order valence-corrected chi connectivity index (χ3v) is 6.12. The van der Waals surface area contributed by atoms with Crippen LogP contribution in [0.5, 0.6) is 0 Å². The second kappa shape index (κ2) is 18.1. The third kappa shape index (κ3) is 14.8. The molecule has 1 unspecified atom stereocenters. The summed E-state index contributed by atoms with van der Waals surface area (Å²) >= 11 is 0. The van der Waals surface area contributed by atoms with E-state index in [1.54, 1.807) is 0 Å². The number of quaternary nitrogens is 1. The molecular formula is C25H52N+. The Balaban J connectivity index is 3.96. The van der Waals surface area contributed by atoms with Gasteiger partial charge in [-0.15, -0.1) is 0 Å². The monoisotopic (exact) mass is 366 g/mol. The molecule has 0 N–H and O–H groups in total. The highest BCUT2D eigenvalue weighted by Gasteiger charge is 2.25. The SMILES string of the molecule is C=CC[N+](C)(C)C(CCCCCCCC)CCCCCCCCCCC. The first-order valence-electron chi connectivity index (χ1n) is 12.0. The third-order valence-electron chi connectivity index (χ3n) is 6.12. The Kier molecular flexibility index (Phi) is 17.9. The fraction of sp³-hybridized carbons (Fsp3) is 0.920. The van der Waals surface area contributed by atoms with Crippen molar-refractivity contribution in [2.45, 2.75) is 129 Å². The van der Waals surface area contributed by atoms with Gasteiger partial charge < -0.3 is 4.48 Å². The molecule has 0 bridgehead atoms. The largest absolute Gasteiger partial charge is 0.323 e. The maximum atomic E-state index is 3.99. The highest BCUT2D eigenvalue weighted by Crippen LogP contribution is 2.22. The van der Waals surface area contributed by atoms with Crippen molar-refractivity contribution in [3.63, 3.8) is 0 Å². The minimum absolute atomic E-state index is 0.823. The Hall–Kier alpha value is -0.300. The molecule has 1 nitrogen and oxygen atoms in total. The molecule has 0 aliphatic heterocycles. The summed E-state index contributed by atoms with van der Waals surface area (Å²) in [4.78, 5) is 0. The Morgan fingerprint density at radius 1 is 0.615 bits per heavy atom. The summed E-state index contributed by atoms with van der Waals surface area (Å²) in [6.45, 7) is 9.70. The van der Waals surface area contributed by atoms with E-state index in [0.717, 1.165) is 17.1 Å². The van der Waals surface area contributed by atoms with E-state index in [4.69, 9.17) is 0 Å². The molecular weight excluding hydrogens is 314 g/mol. The van der Waals surface area contributed by atoms with Crippen LogP contribution in [0.4, 0.5) is 0 Å². The predicted molar refractivity (Wildman–Crippen MR) is 121 cm³/mol. The van der Waals surface area contributed by atoms with Crippen LogP contribution in [0.15, 0.2) is 12.7 Å². The zero-order valence-electron chi connectivity index (χ0n) is 19.0. The fourth-order valence-electron chi connectivity index (χ4n) is 4.18. The van der Waals surface area contributed by atoms with Gasteiger partial charge in [0.25, 0.3) is 0 Å². The van der Waals surface area contributed by atoms with E-state index in [-0.39, 0.29) is 0 Å². The van der Waals surface area contributed by atoms with Crippen LogP contribution in [-0.2, 0) is 0 Å². The van der Waals surface area contributed by atoms with Gasteiger partial charge in [0.1, 0.15) is 0 Å². The number of likely N-dealkylation sites (N-methyl/N-ethyl adjacent to an activating group) is 1. The summed E-state index contributed by atoms with van der Waals surface area (Å²) in [5.74, 6) is 0. The molecule has 156 valence electrons. The number of hydrogen-bond donors (Lipinski definition) is 0. The zero-order chi connectivity index (χ0) is 19.5. The lowest BCUT2D eigenvalue weighted by atomic mass is 9.97. The van der Waals surface area contributed by atoms with Crippen molar-refractivity contribution in [2.24, 2.45) is 0 Å². The van der Waals surface area contributed by atoms with Crippen LogP contribution in [-0.4, -0.2) is 31.2 Å². The predicted octanol–water partition coefficient (Wildman–Crippen LogP) is 8.29. The molecule has 0 fully saturated rings. The Bertz CT molecular complexity index is 295. The van der Waals surface area contributed by atoms with Crippen molar-refractivity contribution in [2.75, 3.05) is 20.6 Å². The molecule has 1 atom stereocenters. The molecule has 0 aliphatic carbocycles. The number of hydrogen-bond acceptors (Lipinski definition) is 0. The van der Waals surface area contributed by atoms with E-state index in [0.29, 0.717) is 0 Å². The first kappa shape index (κ1) is 25.7. The van der Waals surface area contributed by atoms with Crippen LogP contribution in [0.25, 0.3) is 0 Å². The smallest absolute Gasteiger partial charge is 0.0969 e. The van der Waals surface area contributed by atoms with E-state index < -0.39 is 0 Å². The van der Waals surface area contributed by atoms with E-state index in [1.807, 2.05) is 0 Å². The van der Waals surface area contributed by atoms with E-state index in [2.05, 4.69) is 40.6 Å². The van der Waals surface area contributed by atoms with Crippen molar-refractivity contribution in [1.29, 1.82) is 0 Å². The molecule has 0 aromatic rings. The number of rotatable bonds is 20. The van der Waals surface area contributed by atoms with Crippen LogP contribution in [0, 0.1) is 0 Å². The van der Waals surface area contributed by atoms with Crippen molar-refractivity contribution in [3.05, 3.63) is 12.7 Å². The van der Waals surface area contributed by atoms with Gasteiger partial charge in [0, 0.05) is 0 Å². The van der Waals surface area contributed by atoms with Gasteiger partial charge in [0.2, 0.25) is 0 Å². The summed E-state index contributed by atoms with van der Waals surface area (Å²) in [5.41, 5.74) is 0. The second-order valence-electron chi connectivity index (χ2n) is 9.08. The van der Waals surface area contributed by atoms with Gasteiger partial charge in [-0.25, -0.2) is 0 Å². The molecule has 0 saturated heterocycles. The van der Waals surface area contributed by atoms with Crippen LogP contribution in [0.3, 0.4) is 0 Å². The quantitative estimate of drug-likeness (QED) is 0.115. The molecule has 0 amide bonds. The average Bonchev–Trinajstić information content (AvgIpc) is 2.61. The maximum Gasteiger partial charge on any atom is 0.0969 e. The molecule has 0 saturated carbocycles. The van der Waals surface area contributed by atoms with Crippen LogP contribution in [0.1, 0.15) is 123 Å². The van der Waals surface area contributed by atoms with Gasteiger partial charge in [0.05, 0.1) is 26.7 Å². The van der Waals surface area contributed by atoms with Gasteiger partial charge in [0.15, 0.2) is 0 Å². The lowest BCUT2D eigenvalue weighted by Crippen LogP contribution is -2.48. The first-order chi connectivity index (χ1) is 12.6. The minimum atomic E-state index is 0.823. The van der Waals surface area contributed by atoms with Crippen LogP contribution < -0.4 is 0 Å². The standard InChI is InChI=1S/C25H52N/c1-6-9-11-13-15-16-17-19-21-23-25(26(4,5)24-8-3)22-20-18-14-12-10-7-2/h8,25H,3,6-7,9-24H2,1-2,4-5H3/q+1. The molecule has 0 radical (unpaired) electrons. The number of unbranched alkanes of at least 4 members (excludes halogenated alkanes) is 13. The highest BCUT2D eigenvalue weighted by atomic mass is 15.3. The summed E-state index contributed by atoms with van der Waals surface area (Å²) in [5, 5.41) is 0. The first-order valence-corrected chi connectivity index (χ1v) is 12.0. The molecule has 0 aromatic carbocycles. The highest BCUT2D eigenvalue weighted by molar-refractivity contribution is 4.69. The lowest BCUT2D eigenvalue weighted by Gasteiger charge is -2.38. The summed E-state index contributed by atoms with van der Waals surface area (Å²) in [6.07, 6.45) is 26.3. The summed E-state index contributed by atoms with van der Waals surface area (Å²) in [7, 11) is 4.83. The molecule has 0 rings (SSSR count). The second-order valence-corrected chi connectivity index (χ2v) is 9.08. The maximum absolute atomic E-state index is 3.99. The zero-order valence-corrected chi connectivity index (χ0v) is 19.0. The Morgan fingerprint density at radius 3 is 1.31 bits per heavy atom. The summed E-state index contributed by atoms with van der Waals surface area (Å²) in [6, 6.07) is 0.823. The molecule has 26 heavy (non-hydrogen) atoms. The van der Waals surface area contributed by atoms with Gasteiger partial charge in [-0.2, -0.15) is 0 Å². The Morgan fingerprint density at radius 2 is 0.962 bits per heavy atom. The van der Waals surface area contributed by atoms with E-state index in [1.165, 1.54) is 109 Å². The van der Waals surface area contributed by atoms with Gasteiger partial charge in [-0.05, 0) is 31.8 Å². The van der Waals surface area contributed by atoms with E-state index >= 15 is 0 Å². The van der Waals surface area contributed by atoms with Crippen LogP contribution >= 0.6 is 0 Å². The fourth-order valence-corrected chi connectivity index (χ4v) is 4.18. The Labute approximate surface area is 167 Å². The van der Waals surface area contributed by atoms with Crippen LogP contribution in [0.2, 0.25) is 0 Å². The van der Waals surface area contributed by atoms with Gasteiger partial charge >= 0.3 is 0 Å². The van der Waals surface area contributed by atoms with Crippen molar-refractivity contribution in [3.8, 4) is 0 Å². The van der Waals surface area contributed by atoms with E-state index in [9.17, 15) is 0 Å². The minimum Gasteiger partial charge on any atom is -0.323 e. The molecule has 1 heteroatoms. The average molecular weight is 367 g/mol. The van der Waals surface area contributed by atoms with Crippen molar-refractivity contribution < 1.29 is 4.48 Å². The molecule has 0 spiro atoms. The normalized spacial score (nSPS) is 13.1. The van der Waals surface area contributed by atoms with Crippen molar-refractivity contribution in [1.82, 2.24) is 0 Å². The lowest BCUT2D eigenvalue weighted by molar-refractivity contribution is -0.910. The molecule has 0 aromatic heterocycles. The van der Waals surface area contributed by atoms with Crippen molar-refractivity contribution >= 4 is 0 Å². The molecule has 0 aliphatic rings. The summed E-state index contributed by atoms with van der Waals surface area (Å²) < 4.78 is 1.13. The van der Waals surface area contributed by atoms with Gasteiger partial charge in [-0.1, -0.05) is 104 Å².